The Labute approximate surface area is 197 Å². The van der Waals surface area contributed by atoms with Gasteiger partial charge in [0, 0.05) is 30.6 Å². The summed E-state index contributed by atoms with van der Waals surface area (Å²) in [7, 11) is 1.52. The second kappa shape index (κ2) is 9.63. The minimum absolute atomic E-state index is 0.117. The summed E-state index contributed by atoms with van der Waals surface area (Å²) >= 11 is 7.43. The van der Waals surface area contributed by atoms with Gasteiger partial charge < -0.3 is 24.5 Å². The largest absolute Gasteiger partial charge is 0.496 e. The minimum Gasteiger partial charge on any atom is -0.496 e. The molecule has 4 aromatic rings. The molecule has 11 heteroatoms. The molecule has 33 heavy (non-hydrogen) atoms. The van der Waals surface area contributed by atoms with Gasteiger partial charge in [0.2, 0.25) is 0 Å². The highest BCUT2D eigenvalue weighted by Crippen LogP contribution is 2.36. The van der Waals surface area contributed by atoms with Crippen LogP contribution in [0.1, 0.15) is 16.6 Å². The van der Waals surface area contributed by atoms with Crippen LogP contribution >= 0.6 is 22.9 Å². The standard InChI is InChI=1S/C22H20ClFN4O4S/c1-3-32-16-10-17(33-21(16)22(29)30)14-9-19(27-11-26-14)25-6-7-28-18(23)8-12-15(31-2)5-4-13(24)20(12)28/h4-5,8-11H,3,6-7H2,1-2H3,(H,29,30)(H,25,26,27). The first kappa shape index (κ1) is 22.8. The molecule has 0 bridgehead atoms. The summed E-state index contributed by atoms with van der Waals surface area (Å²) in [5.74, 6) is -0.0528. The molecule has 172 valence electrons. The number of halogens is 2. The molecule has 3 heterocycles. The van der Waals surface area contributed by atoms with E-state index in [9.17, 15) is 14.3 Å². The van der Waals surface area contributed by atoms with E-state index in [-0.39, 0.29) is 10.7 Å². The van der Waals surface area contributed by atoms with Crippen LogP contribution in [0.2, 0.25) is 5.15 Å². The lowest BCUT2D eigenvalue weighted by atomic mass is 10.2. The number of benzene rings is 1. The van der Waals surface area contributed by atoms with Crippen LogP contribution in [0.4, 0.5) is 10.2 Å². The fourth-order valence-corrected chi connectivity index (χ4v) is 4.66. The Morgan fingerprint density at radius 2 is 2.09 bits per heavy atom. The number of methoxy groups -OCH3 is 1. The summed E-state index contributed by atoms with van der Waals surface area (Å²) in [5.41, 5.74) is 0.930. The molecule has 2 N–H and O–H groups in total. The average molecular weight is 491 g/mol. The number of anilines is 1. The highest BCUT2D eigenvalue weighted by atomic mass is 35.5. The van der Waals surface area contributed by atoms with Gasteiger partial charge in [-0.3, -0.25) is 0 Å². The Kier molecular flexibility index (Phi) is 6.66. The van der Waals surface area contributed by atoms with Gasteiger partial charge in [0.15, 0.2) is 4.88 Å². The van der Waals surface area contributed by atoms with E-state index in [1.165, 1.54) is 19.5 Å². The van der Waals surface area contributed by atoms with Gasteiger partial charge in [-0.05, 0) is 25.1 Å². The third-order valence-corrected chi connectivity index (χ3v) is 6.33. The maximum absolute atomic E-state index is 14.5. The van der Waals surface area contributed by atoms with Crippen molar-refractivity contribution in [2.24, 2.45) is 0 Å². The summed E-state index contributed by atoms with van der Waals surface area (Å²) in [6.07, 6.45) is 1.39. The molecule has 0 unspecified atom stereocenters. The number of nitrogens with zero attached hydrogens (tertiary/aromatic N) is 3. The van der Waals surface area contributed by atoms with Crippen molar-refractivity contribution in [3.63, 3.8) is 0 Å². The fraction of sp³-hybridized carbons (Fsp3) is 0.227. The summed E-state index contributed by atoms with van der Waals surface area (Å²) in [4.78, 5) is 20.7. The predicted molar refractivity (Wildman–Crippen MR) is 125 cm³/mol. The van der Waals surface area contributed by atoms with E-state index in [1.807, 2.05) is 0 Å². The molecule has 3 aromatic heterocycles. The second-order valence-electron chi connectivity index (χ2n) is 6.89. The number of rotatable bonds is 9. The first-order valence-electron chi connectivity index (χ1n) is 10.00. The number of carboxylic acids is 1. The van der Waals surface area contributed by atoms with Crippen molar-refractivity contribution >= 4 is 45.6 Å². The van der Waals surface area contributed by atoms with Crippen LogP contribution in [0.5, 0.6) is 11.5 Å². The number of carboxylic acid groups (broad SMARTS) is 1. The Balaban J connectivity index is 1.53. The zero-order valence-electron chi connectivity index (χ0n) is 17.8. The number of nitrogens with one attached hydrogen (secondary N) is 1. The van der Waals surface area contributed by atoms with Gasteiger partial charge in [0.05, 0.1) is 29.8 Å². The molecule has 0 spiro atoms. The SMILES string of the molecule is CCOc1cc(-c2cc(NCCn3c(Cl)cc4c(OC)ccc(F)c43)ncn2)sc1C(=O)O. The van der Waals surface area contributed by atoms with E-state index in [2.05, 4.69) is 15.3 Å². The third kappa shape index (κ3) is 4.57. The van der Waals surface area contributed by atoms with E-state index in [0.29, 0.717) is 63.6 Å². The highest BCUT2D eigenvalue weighted by Gasteiger charge is 2.19. The van der Waals surface area contributed by atoms with E-state index in [1.54, 1.807) is 35.8 Å². The van der Waals surface area contributed by atoms with Crippen molar-refractivity contribution in [3.8, 4) is 22.1 Å². The topological polar surface area (TPSA) is 98.5 Å². The van der Waals surface area contributed by atoms with Gasteiger partial charge in [0.25, 0.3) is 0 Å². The first-order valence-corrected chi connectivity index (χ1v) is 11.2. The summed E-state index contributed by atoms with van der Waals surface area (Å²) in [6.45, 7) is 2.93. The zero-order valence-corrected chi connectivity index (χ0v) is 19.3. The molecule has 0 saturated heterocycles. The van der Waals surface area contributed by atoms with Crippen molar-refractivity contribution in [1.82, 2.24) is 14.5 Å². The highest BCUT2D eigenvalue weighted by molar-refractivity contribution is 7.17. The summed E-state index contributed by atoms with van der Waals surface area (Å²) in [5, 5.41) is 13.6. The van der Waals surface area contributed by atoms with Crippen LogP contribution in [0.25, 0.3) is 21.5 Å². The van der Waals surface area contributed by atoms with Gasteiger partial charge >= 0.3 is 5.97 Å². The van der Waals surface area contributed by atoms with E-state index < -0.39 is 5.97 Å². The van der Waals surface area contributed by atoms with Crippen LogP contribution in [-0.2, 0) is 6.54 Å². The van der Waals surface area contributed by atoms with E-state index in [4.69, 9.17) is 21.1 Å². The third-order valence-electron chi connectivity index (χ3n) is 4.89. The second-order valence-corrected chi connectivity index (χ2v) is 8.33. The first-order chi connectivity index (χ1) is 15.9. The van der Waals surface area contributed by atoms with Gasteiger partial charge in [-0.1, -0.05) is 11.6 Å². The number of aromatic carboxylic acids is 1. The number of thiophene rings is 1. The predicted octanol–water partition coefficient (Wildman–Crippen LogP) is 5.17. The molecule has 0 atom stereocenters. The summed E-state index contributed by atoms with van der Waals surface area (Å²) < 4.78 is 26.9. The van der Waals surface area contributed by atoms with Gasteiger partial charge in [0.1, 0.15) is 34.6 Å². The van der Waals surface area contributed by atoms with Gasteiger partial charge in [-0.2, -0.15) is 0 Å². The van der Waals surface area contributed by atoms with Crippen LogP contribution < -0.4 is 14.8 Å². The quantitative estimate of drug-likeness (QED) is 0.334. The van der Waals surface area contributed by atoms with Crippen LogP contribution in [-0.4, -0.2) is 45.9 Å². The number of hydrogen-bond donors (Lipinski definition) is 2. The van der Waals surface area contributed by atoms with Gasteiger partial charge in [-0.25, -0.2) is 19.2 Å². The van der Waals surface area contributed by atoms with Crippen LogP contribution in [0.3, 0.4) is 0 Å². The van der Waals surface area contributed by atoms with Crippen molar-refractivity contribution < 1.29 is 23.8 Å². The lowest BCUT2D eigenvalue weighted by Crippen LogP contribution is -2.12. The monoisotopic (exact) mass is 490 g/mol. The van der Waals surface area contributed by atoms with Crippen molar-refractivity contribution in [2.45, 2.75) is 13.5 Å². The molecule has 0 fully saturated rings. The maximum Gasteiger partial charge on any atom is 0.349 e. The molecule has 8 nitrogen and oxygen atoms in total. The maximum atomic E-state index is 14.5. The Hall–Kier alpha value is -3.37. The molecule has 1 aromatic carbocycles. The smallest absolute Gasteiger partial charge is 0.349 e. The molecule has 0 saturated carbocycles. The molecular formula is C22H20ClFN4O4S. The summed E-state index contributed by atoms with van der Waals surface area (Å²) in [6, 6.07) is 7.96. The molecule has 0 aliphatic carbocycles. The number of aromatic nitrogens is 3. The van der Waals surface area contributed by atoms with Crippen molar-refractivity contribution in [1.29, 1.82) is 0 Å². The number of fused-ring (bicyclic) bond motifs is 1. The zero-order chi connectivity index (χ0) is 23.5. The number of hydrogen-bond acceptors (Lipinski definition) is 7. The fourth-order valence-electron chi connectivity index (χ4n) is 3.47. The molecule has 4 rings (SSSR count). The average Bonchev–Trinajstić information content (AvgIpc) is 3.37. The number of ether oxygens (including phenoxy) is 2. The van der Waals surface area contributed by atoms with E-state index >= 15 is 0 Å². The number of carbonyl (C=O) groups is 1. The van der Waals surface area contributed by atoms with Crippen LogP contribution in [0, 0.1) is 5.82 Å². The van der Waals surface area contributed by atoms with E-state index in [0.717, 1.165) is 11.3 Å². The Morgan fingerprint density at radius 3 is 2.82 bits per heavy atom. The lowest BCUT2D eigenvalue weighted by molar-refractivity contribution is 0.0698. The lowest BCUT2D eigenvalue weighted by Gasteiger charge is -2.11. The Morgan fingerprint density at radius 1 is 1.27 bits per heavy atom. The molecule has 0 amide bonds. The van der Waals surface area contributed by atoms with Crippen LogP contribution in [0.15, 0.2) is 36.7 Å². The molecule has 0 aliphatic heterocycles. The van der Waals surface area contributed by atoms with Crippen molar-refractivity contribution in [2.75, 3.05) is 25.6 Å². The van der Waals surface area contributed by atoms with Crippen molar-refractivity contribution in [3.05, 3.63) is 52.5 Å². The molecule has 0 radical (unpaired) electrons. The Bertz CT molecular complexity index is 1320. The molecule has 0 aliphatic rings. The van der Waals surface area contributed by atoms with Gasteiger partial charge in [-0.15, -0.1) is 11.3 Å². The minimum atomic E-state index is -1.05. The normalized spacial score (nSPS) is 11.0. The molecular weight excluding hydrogens is 471 g/mol.